The van der Waals surface area contributed by atoms with Gasteiger partial charge in [0, 0.05) is 29.8 Å². The van der Waals surface area contributed by atoms with E-state index in [1.54, 1.807) is 0 Å². The van der Waals surface area contributed by atoms with E-state index in [9.17, 15) is 9.90 Å². The summed E-state index contributed by atoms with van der Waals surface area (Å²) in [4.78, 5) is 16.6. The summed E-state index contributed by atoms with van der Waals surface area (Å²) in [6, 6.07) is 12.1. The van der Waals surface area contributed by atoms with Crippen molar-refractivity contribution in [1.29, 1.82) is 0 Å². The topological polar surface area (TPSA) is 49.9 Å². The van der Waals surface area contributed by atoms with Crippen molar-refractivity contribution in [3.05, 3.63) is 42.1 Å². The molecule has 0 fully saturated rings. The van der Waals surface area contributed by atoms with Crippen LogP contribution < -0.4 is 0 Å². The Hall–Kier alpha value is -1.74. The number of hydrogen-bond acceptors (Lipinski definition) is 2. The molecule has 2 aromatic rings. The van der Waals surface area contributed by atoms with Gasteiger partial charge < -0.3 is 0 Å². The minimum Gasteiger partial charge on any atom is -0.300 e. The normalized spacial score (nSPS) is 12.5. The zero-order valence-electron chi connectivity index (χ0n) is 12.5. The molecule has 0 saturated heterocycles. The number of hydrogen-bond donors (Lipinski definition) is 0. The number of aromatic nitrogens is 1. The molecule has 1 unspecified atom stereocenters. The molecule has 2 rings (SSSR count). The molecule has 0 aliphatic carbocycles. The molecule has 0 bridgehead atoms. The van der Waals surface area contributed by atoms with Crippen LogP contribution in [0.4, 0.5) is 0 Å². The number of unbranched alkanes of at least 4 members (excludes halogenated alkanes) is 2. The van der Waals surface area contributed by atoms with E-state index in [4.69, 9.17) is 0 Å². The van der Waals surface area contributed by atoms with Gasteiger partial charge in [-0.1, -0.05) is 37.6 Å². The van der Waals surface area contributed by atoms with Crippen molar-refractivity contribution in [2.24, 2.45) is 0 Å². The molecule has 1 aromatic carbocycles. The smallest absolute Gasteiger partial charge is 0.133 e. The molecule has 1 radical (unpaired) electrons. The third-order valence-corrected chi connectivity index (χ3v) is 3.76. The number of pyridine rings is 1. The van der Waals surface area contributed by atoms with Crippen LogP contribution in [0.2, 0.25) is 0 Å². The van der Waals surface area contributed by atoms with Crippen molar-refractivity contribution in [2.45, 2.75) is 44.9 Å². The number of carbonyl (C=O) groups excluding carboxylic acids is 1. The summed E-state index contributed by atoms with van der Waals surface area (Å²) in [7, 11) is 0. The Bertz CT molecular complexity index is 595. The quantitative estimate of drug-likeness (QED) is 0.679. The monoisotopic (exact) mass is 284 g/mol. The average Bonchev–Trinajstić information content (AvgIpc) is 2.51. The second kappa shape index (κ2) is 7.89. The second-order valence-corrected chi connectivity index (χ2v) is 5.59. The first-order valence-electron chi connectivity index (χ1n) is 7.66. The lowest BCUT2D eigenvalue weighted by atomic mass is 9.97. The van der Waals surface area contributed by atoms with Crippen LogP contribution in [0, 0.1) is 0 Å². The van der Waals surface area contributed by atoms with Gasteiger partial charge in [0.15, 0.2) is 0 Å². The Labute approximate surface area is 126 Å². The molecule has 3 nitrogen and oxygen atoms in total. The van der Waals surface area contributed by atoms with Gasteiger partial charge in [-0.05, 0) is 25.0 Å². The van der Waals surface area contributed by atoms with Crippen molar-refractivity contribution >= 4 is 16.7 Å². The fourth-order valence-electron chi connectivity index (χ4n) is 2.51. The van der Waals surface area contributed by atoms with Crippen LogP contribution in [0.3, 0.4) is 0 Å². The molecular weight excluding hydrogens is 262 g/mol. The molecule has 111 valence electrons. The minimum absolute atomic E-state index is 0.0361. The van der Waals surface area contributed by atoms with Crippen molar-refractivity contribution in [3.63, 3.8) is 0 Å². The van der Waals surface area contributed by atoms with E-state index in [-0.39, 0.29) is 18.3 Å². The van der Waals surface area contributed by atoms with Crippen LogP contribution in [0.1, 0.15) is 50.6 Å². The van der Waals surface area contributed by atoms with Crippen LogP contribution in [-0.2, 0) is 9.90 Å². The lowest BCUT2D eigenvalue weighted by Gasteiger charge is -2.11. The molecular formula is C18H22NO2. The SMILES string of the molecule is CC(CC(=O)CCCCC[O])c1ccc2ccccc2n1. The van der Waals surface area contributed by atoms with Gasteiger partial charge in [0.1, 0.15) is 5.78 Å². The van der Waals surface area contributed by atoms with E-state index in [1.165, 1.54) is 0 Å². The molecule has 1 atom stereocenters. The van der Waals surface area contributed by atoms with Crippen molar-refractivity contribution in [1.82, 2.24) is 4.98 Å². The average molecular weight is 284 g/mol. The first-order chi connectivity index (χ1) is 10.2. The van der Waals surface area contributed by atoms with Gasteiger partial charge in [0.25, 0.3) is 0 Å². The number of rotatable bonds is 8. The first kappa shape index (κ1) is 15.6. The first-order valence-corrected chi connectivity index (χ1v) is 7.66. The van der Waals surface area contributed by atoms with E-state index in [1.807, 2.05) is 37.3 Å². The summed E-state index contributed by atoms with van der Waals surface area (Å²) in [6.07, 6.45) is 3.48. The van der Waals surface area contributed by atoms with Crippen LogP contribution in [0.5, 0.6) is 0 Å². The van der Waals surface area contributed by atoms with Gasteiger partial charge in [-0.25, -0.2) is 5.11 Å². The summed E-state index contributed by atoms with van der Waals surface area (Å²) >= 11 is 0. The van der Waals surface area contributed by atoms with E-state index in [0.29, 0.717) is 19.3 Å². The standard InChI is InChI=1S/C18H22NO2/c1-14(13-16(21)8-3-2-6-12-20)17-11-10-15-7-4-5-9-18(15)19-17/h4-5,7,9-11,14H,2-3,6,8,12-13H2,1H3. The van der Waals surface area contributed by atoms with E-state index in [0.717, 1.165) is 29.4 Å². The highest BCUT2D eigenvalue weighted by atomic mass is 16.2. The van der Waals surface area contributed by atoms with Gasteiger partial charge in [0.2, 0.25) is 0 Å². The van der Waals surface area contributed by atoms with Gasteiger partial charge in [-0.2, -0.15) is 0 Å². The lowest BCUT2D eigenvalue weighted by molar-refractivity contribution is -0.119. The van der Waals surface area contributed by atoms with Crippen LogP contribution >= 0.6 is 0 Å². The third-order valence-electron chi connectivity index (χ3n) is 3.76. The Morgan fingerprint density at radius 3 is 2.71 bits per heavy atom. The van der Waals surface area contributed by atoms with Crippen LogP contribution in [-0.4, -0.2) is 17.4 Å². The van der Waals surface area contributed by atoms with Crippen molar-refractivity contribution in [2.75, 3.05) is 6.61 Å². The predicted molar refractivity (Wildman–Crippen MR) is 83.8 cm³/mol. The second-order valence-electron chi connectivity index (χ2n) is 5.59. The van der Waals surface area contributed by atoms with Gasteiger partial charge in [0.05, 0.1) is 12.1 Å². The van der Waals surface area contributed by atoms with E-state index >= 15 is 0 Å². The Kier molecular flexibility index (Phi) is 5.88. The van der Waals surface area contributed by atoms with E-state index < -0.39 is 0 Å². The molecule has 0 aliphatic rings. The molecule has 0 N–H and O–H groups in total. The number of benzene rings is 1. The summed E-state index contributed by atoms with van der Waals surface area (Å²) in [6.45, 7) is 2.01. The van der Waals surface area contributed by atoms with Gasteiger partial charge in [-0.15, -0.1) is 0 Å². The minimum atomic E-state index is -0.0361. The number of ketones is 1. The fourth-order valence-corrected chi connectivity index (χ4v) is 2.51. The van der Waals surface area contributed by atoms with Crippen molar-refractivity contribution in [3.8, 4) is 0 Å². The summed E-state index contributed by atoms with van der Waals surface area (Å²) in [5, 5.41) is 11.5. The highest BCUT2D eigenvalue weighted by molar-refractivity contribution is 5.80. The zero-order chi connectivity index (χ0) is 15.1. The number of nitrogens with zero attached hydrogens (tertiary/aromatic N) is 1. The molecule has 1 aromatic heterocycles. The summed E-state index contributed by atoms with van der Waals surface area (Å²) in [5.74, 6) is 0.407. The Morgan fingerprint density at radius 1 is 1.10 bits per heavy atom. The largest absolute Gasteiger partial charge is 0.300 e. The zero-order valence-corrected chi connectivity index (χ0v) is 12.5. The maximum atomic E-state index is 11.9. The maximum Gasteiger partial charge on any atom is 0.133 e. The number of carbonyl (C=O) groups is 1. The molecule has 0 amide bonds. The third kappa shape index (κ3) is 4.64. The molecule has 0 aliphatic heterocycles. The van der Waals surface area contributed by atoms with E-state index in [2.05, 4.69) is 11.1 Å². The fraction of sp³-hybridized carbons (Fsp3) is 0.444. The number of fused-ring (bicyclic) bond motifs is 1. The molecule has 21 heavy (non-hydrogen) atoms. The number of Topliss-reactive ketones (excluding diaryl/α,β-unsaturated/α-hetero) is 1. The lowest BCUT2D eigenvalue weighted by Crippen LogP contribution is -2.06. The predicted octanol–water partition coefficient (Wildman–Crippen LogP) is 4.29. The number of para-hydroxylation sites is 1. The van der Waals surface area contributed by atoms with Gasteiger partial charge in [-0.3, -0.25) is 9.78 Å². The molecule has 0 spiro atoms. The maximum absolute atomic E-state index is 11.9. The Morgan fingerprint density at radius 2 is 1.90 bits per heavy atom. The highest BCUT2D eigenvalue weighted by Crippen LogP contribution is 2.21. The summed E-state index contributed by atoms with van der Waals surface area (Å²) < 4.78 is 0. The molecule has 0 saturated carbocycles. The van der Waals surface area contributed by atoms with Crippen LogP contribution in [0.15, 0.2) is 36.4 Å². The van der Waals surface area contributed by atoms with Gasteiger partial charge >= 0.3 is 0 Å². The Balaban J connectivity index is 1.92. The highest BCUT2D eigenvalue weighted by Gasteiger charge is 2.12. The van der Waals surface area contributed by atoms with Crippen molar-refractivity contribution < 1.29 is 9.90 Å². The molecule has 3 heteroatoms. The summed E-state index contributed by atoms with van der Waals surface area (Å²) in [5.41, 5.74) is 1.95. The molecule has 1 heterocycles. The van der Waals surface area contributed by atoms with Crippen LogP contribution in [0.25, 0.3) is 10.9 Å².